The number of para-hydroxylation sites is 1. The number of anilines is 1. The van der Waals surface area contributed by atoms with Gasteiger partial charge in [0.2, 0.25) is 0 Å². The number of nitrogens with one attached hydrogen (secondary N) is 1. The molecule has 0 spiro atoms. The quantitative estimate of drug-likeness (QED) is 0.156. The average molecular weight is 574 g/mol. The zero-order chi connectivity index (χ0) is 28.6. The third-order valence-electron chi connectivity index (χ3n) is 8.85. The summed E-state index contributed by atoms with van der Waals surface area (Å²) < 4.78 is 0. The van der Waals surface area contributed by atoms with E-state index < -0.39 is 6.10 Å². The standard InChI is InChI=1S/C35H32ClN5O/c1-2-22-21-41-29(32(42)27-17-18-37-28-16-10-9-15-26(27)28)19-25(22)20-30(41)38-35-31(23-11-5-3-6-12-23)33(36)39-34(40-35)24-13-7-4-8-14-24/h2-18,22,25,29-30,32,42H,1,19-21H2,(H,38,39,40)/t22?,25?,29?,30?,32-/m0/s1. The first-order valence-corrected chi connectivity index (χ1v) is 14.8. The molecule has 5 unspecified atom stereocenters. The van der Waals surface area contributed by atoms with Crippen LogP contribution in [0.1, 0.15) is 24.5 Å². The van der Waals surface area contributed by atoms with Crippen molar-refractivity contribution in [2.24, 2.45) is 11.8 Å². The molecule has 2 bridgehead atoms. The largest absolute Gasteiger partial charge is 0.387 e. The molecule has 0 amide bonds. The van der Waals surface area contributed by atoms with E-state index in [9.17, 15) is 5.11 Å². The SMILES string of the molecule is C=CC1CN2C(Nc3nc(-c4ccccc4)nc(Cl)c3-c3ccccc3)CC1CC2[C@@H](O)c1ccnc2ccccc12. The van der Waals surface area contributed by atoms with Crippen molar-refractivity contribution < 1.29 is 5.11 Å². The smallest absolute Gasteiger partial charge is 0.163 e. The molecule has 210 valence electrons. The number of piperidine rings is 3. The summed E-state index contributed by atoms with van der Waals surface area (Å²) >= 11 is 6.91. The van der Waals surface area contributed by atoms with Gasteiger partial charge in [-0.2, -0.15) is 0 Å². The van der Waals surface area contributed by atoms with Gasteiger partial charge in [0.15, 0.2) is 5.82 Å². The monoisotopic (exact) mass is 573 g/mol. The Morgan fingerprint density at radius 1 is 0.905 bits per heavy atom. The number of nitrogens with zero attached hydrogens (tertiary/aromatic N) is 4. The molecule has 5 aromatic rings. The molecule has 3 aromatic carbocycles. The number of rotatable bonds is 7. The highest BCUT2D eigenvalue weighted by Crippen LogP contribution is 2.46. The van der Waals surface area contributed by atoms with Gasteiger partial charge in [-0.15, -0.1) is 6.58 Å². The summed E-state index contributed by atoms with van der Waals surface area (Å²) in [4.78, 5) is 16.7. The van der Waals surface area contributed by atoms with Gasteiger partial charge in [0, 0.05) is 29.7 Å². The third-order valence-corrected chi connectivity index (χ3v) is 9.13. The zero-order valence-electron chi connectivity index (χ0n) is 23.1. The van der Waals surface area contributed by atoms with Crippen molar-refractivity contribution in [3.8, 4) is 22.5 Å². The lowest BCUT2D eigenvalue weighted by Crippen LogP contribution is -2.62. The minimum absolute atomic E-state index is 0.0512. The summed E-state index contributed by atoms with van der Waals surface area (Å²) in [6.45, 7) is 4.94. The van der Waals surface area contributed by atoms with Gasteiger partial charge in [-0.05, 0) is 47.9 Å². The summed E-state index contributed by atoms with van der Waals surface area (Å²) in [6, 6.07) is 29.8. The molecule has 6 nitrogen and oxygen atoms in total. The molecule has 5 heterocycles. The van der Waals surface area contributed by atoms with E-state index in [-0.39, 0.29) is 12.2 Å². The maximum atomic E-state index is 11.9. The fourth-order valence-electron chi connectivity index (χ4n) is 6.77. The van der Waals surface area contributed by atoms with Crippen LogP contribution in [0.2, 0.25) is 5.15 Å². The number of aliphatic hydroxyl groups is 1. The van der Waals surface area contributed by atoms with Crippen molar-refractivity contribution in [1.29, 1.82) is 0 Å². The highest BCUT2D eigenvalue weighted by molar-refractivity contribution is 6.32. The molecule has 8 rings (SSSR count). The first kappa shape index (κ1) is 26.8. The van der Waals surface area contributed by atoms with Crippen LogP contribution in [-0.4, -0.2) is 43.7 Å². The number of pyridine rings is 1. The normalized spacial score (nSPS) is 23.9. The minimum atomic E-state index is -0.668. The van der Waals surface area contributed by atoms with Gasteiger partial charge >= 0.3 is 0 Å². The number of aromatic nitrogens is 3. The lowest BCUT2D eigenvalue weighted by Gasteiger charge is -2.55. The van der Waals surface area contributed by atoms with Gasteiger partial charge in [-0.25, -0.2) is 9.97 Å². The predicted octanol–water partition coefficient (Wildman–Crippen LogP) is 7.38. The van der Waals surface area contributed by atoms with E-state index in [1.54, 1.807) is 6.20 Å². The fourth-order valence-corrected chi connectivity index (χ4v) is 7.05. The summed E-state index contributed by atoms with van der Waals surface area (Å²) in [5.74, 6) is 2.00. The molecule has 0 saturated carbocycles. The van der Waals surface area contributed by atoms with Crippen LogP contribution in [0.3, 0.4) is 0 Å². The van der Waals surface area contributed by atoms with Crippen molar-refractivity contribution in [2.45, 2.75) is 31.2 Å². The maximum absolute atomic E-state index is 11.9. The van der Waals surface area contributed by atoms with Crippen LogP contribution in [0.25, 0.3) is 33.4 Å². The van der Waals surface area contributed by atoms with Crippen LogP contribution in [-0.2, 0) is 0 Å². The van der Waals surface area contributed by atoms with Gasteiger partial charge in [0.05, 0.1) is 23.3 Å². The Balaban J connectivity index is 1.28. The molecule has 3 saturated heterocycles. The maximum Gasteiger partial charge on any atom is 0.163 e. The minimum Gasteiger partial charge on any atom is -0.387 e. The number of halogens is 1. The molecule has 2 aromatic heterocycles. The van der Waals surface area contributed by atoms with Crippen molar-refractivity contribution in [3.05, 3.63) is 121 Å². The zero-order valence-corrected chi connectivity index (χ0v) is 23.9. The molecule has 7 heteroatoms. The van der Waals surface area contributed by atoms with Crippen LogP contribution in [0.5, 0.6) is 0 Å². The van der Waals surface area contributed by atoms with Crippen LogP contribution in [0, 0.1) is 11.8 Å². The van der Waals surface area contributed by atoms with Gasteiger partial charge in [-0.1, -0.05) is 96.5 Å². The number of hydrogen-bond donors (Lipinski definition) is 2. The van der Waals surface area contributed by atoms with Gasteiger partial charge < -0.3 is 10.4 Å². The molecule has 42 heavy (non-hydrogen) atoms. The molecule has 3 fully saturated rings. The molecule has 0 radical (unpaired) electrons. The Hall–Kier alpha value is -4.10. The summed E-state index contributed by atoms with van der Waals surface area (Å²) in [5, 5.41) is 17.1. The first-order chi connectivity index (χ1) is 20.6. The lowest BCUT2D eigenvalue weighted by molar-refractivity contribution is -0.0707. The van der Waals surface area contributed by atoms with E-state index in [4.69, 9.17) is 21.6 Å². The molecule has 0 aliphatic carbocycles. The van der Waals surface area contributed by atoms with Crippen LogP contribution in [0.15, 0.2) is 110 Å². The van der Waals surface area contributed by atoms with E-state index in [1.165, 1.54) is 0 Å². The topological polar surface area (TPSA) is 74.2 Å². The van der Waals surface area contributed by atoms with Gasteiger partial charge in [0.1, 0.15) is 11.0 Å². The second kappa shape index (κ2) is 11.3. The van der Waals surface area contributed by atoms with Crippen molar-refractivity contribution >= 4 is 28.3 Å². The van der Waals surface area contributed by atoms with Crippen LogP contribution in [0.4, 0.5) is 5.82 Å². The Morgan fingerprint density at radius 2 is 1.62 bits per heavy atom. The number of fused-ring (bicyclic) bond motifs is 4. The Bertz CT molecular complexity index is 1730. The number of benzene rings is 3. The van der Waals surface area contributed by atoms with Gasteiger partial charge in [-0.3, -0.25) is 9.88 Å². The average Bonchev–Trinajstić information content (AvgIpc) is 3.04. The Labute approximate surface area is 250 Å². The molecular weight excluding hydrogens is 542 g/mol. The number of hydrogen-bond acceptors (Lipinski definition) is 6. The highest BCUT2D eigenvalue weighted by atomic mass is 35.5. The van der Waals surface area contributed by atoms with Crippen LogP contribution >= 0.6 is 11.6 Å². The fraction of sp³-hybridized carbons (Fsp3) is 0.229. The Kier molecular flexibility index (Phi) is 7.20. The van der Waals surface area contributed by atoms with E-state index in [1.807, 2.05) is 91.0 Å². The summed E-state index contributed by atoms with van der Waals surface area (Å²) in [6.07, 6.45) is 4.94. The highest BCUT2D eigenvalue weighted by Gasteiger charge is 2.47. The van der Waals surface area contributed by atoms with E-state index in [0.717, 1.165) is 52.5 Å². The molecule has 3 aliphatic rings. The Morgan fingerprint density at radius 3 is 2.36 bits per heavy atom. The number of aliphatic hydroxyl groups excluding tert-OH is 1. The van der Waals surface area contributed by atoms with Crippen molar-refractivity contribution in [3.63, 3.8) is 0 Å². The van der Waals surface area contributed by atoms with E-state index in [2.05, 4.69) is 27.9 Å². The summed E-state index contributed by atoms with van der Waals surface area (Å²) in [5.41, 5.74) is 4.42. The lowest BCUT2D eigenvalue weighted by atomic mass is 9.72. The summed E-state index contributed by atoms with van der Waals surface area (Å²) in [7, 11) is 0. The van der Waals surface area contributed by atoms with Gasteiger partial charge in [0.25, 0.3) is 0 Å². The predicted molar refractivity (Wildman–Crippen MR) is 169 cm³/mol. The third kappa shape index (κ3) is 4.86. The molecule has 3 aliphatic heterocycles. The molecular formula is C35H32ClN5O. The van der Waals surface area contributed by atoms with Crippen LogP contribution < -0.4 is 5.32 Å². The van der Waals surface area contributed by atoms with Crippen molar-refractivity contribution in [1.82, 2.24) is 19.9 Å². The van der Waals surface area contributed by atoms with E-state index in [0.29, 0.717) is 28.6 Å². The van der Waals surface area contributed by atoms with Crippen molar-refractivity contribution in [2.75, 3.05) is 11.9 Å². The second-order valence-electron chi connectivity index (χ2n) is 11.2. The first-order valence-electron chi connectivity index (χ1n) is 14.5. The molecule has 2 N–H and O–H groups in total. The van der Waals surface area contributed by atoms with E-state index >= 15 is 0 Å². The molecule has 6 atom stereocenters. The second-order valence-corrected chi connectivity index (χ2v) is 11.6.